The van der Waals surface area contributed by atoms with Crippen molar-refractivity contribution in [2.24, 2.45) is 0 Å². The first-order chi connectivity index (χ1) is 9.07. The molecule has 6 heteroatoms. The van der Waals surface area contributed by atoms with E-state index < -0.39 is 12.0 Å². The predicted molar refractivity (Wildman–Crippen MR) is 74.2 cm³/mol. The number of carbonyl (C=O) groups excluding carboxylic acids is 1. The second-order valence-corrected chi connectivity index (χ2v) is 3.98. The zero-order chi connectivity index (χ0) is 14.4. The van der Waals surface area contributed by atoms with Crippen LogP contribution in [0.15, 0.2) is 24.8 Å². The van der Waals surface area contributed by atoms with E-state index in [0.717, 1.165) is 0 Å². The number of esters is 1. The summed E-state index contributed by atoms with van der Waals surface area (Å²) in [5.41, 5.74) is 0.545. The molecule has 0 aromatic heterocycles. The van der Waals surface area contributed by atoms with Crippen LogP contribution < -0.4 is 14.8 Å². The molecule has 1 aromatic rings. The lowest BCUT2D eigenvalue weighted by Gasteiger charge is -2.17. The number of carbonyl (C=O) groups is 1. The molecule has 104 valence electrons. The maximum absolute atomic E-state index is 11.5. The van der Waals surface area contributed by atoms with Crippen molar-refractivity contribution in [1.82, 2.24) is 0 Å². The smallest absolute Gasteiger partial charge is 0.332 e. The summed E-state index contributed by atoms with van der Waals surface area (Å²) in [7, 11) is 4.32. The molecule has 5 nitrogen and oxygen atoms in total. The zero-order valence-electron chi connectivity index (χ0n) is 11.0. The standard InChI is InChI=1S/C13H16ClNO4/c1-5-9(13(16)19-4)15-10-6-8(14)11(17-2)7-12(10)18-3/h5-7,9,15H,1H2,2-4H3. The minimum Gasteiger partial charge on any atom is -0.495 e. The van der Waals surface area contributed by atoms with Crippen LogP contribution in [0.1, 0.15) is 0 Å². The van der Waals surface area contributed by atoms with Gasteiger partial charge in [-0.2, -0.15) is 0 Å². The SMILES string of the molecule is C=CC(Nc1cc(Cl)c(OC)cc1OC)C(=O)OC. The Kier molecular flexibility index (Phi) is 5.51. The van der Waals surface area contributed by atoms with Gasteiger partial charge < -0.3 is 19.5 Å². The molecule has 0 spiro atoms. The van der Waals surface area contributed by atoms with Gasteiger partial charge in [0.1, 0.15) is 17.5 Å². The molecule has 0 heterocycles. The van der Waals surface area contributed by atoms with Gasteiger partial charge in [-0.05, 0) is 6.07 Å². The molecular weight excluding hydrogens is 270 g/mol. The summed E-state index contributed by atoms with van der Waals surface area (Å²) in [6.07, 6.45) is 1.43. The quantitative estimate of drug-likeness (QED) is 0.643. The van der Waals surface area contributed by atoms with Crippen molar-refractivity contribution < 1.29 is 19.0 Å². The number of nitrogens with one attached hydrogen (secondary N) is 1. The van der Waals surface area contributed by atoms with E-state index in [1.807, 2.05) is 0 Å². The second kappa shape index (κ2) is 6.89. The summed E-state index contributed by atoms with van der Waals surface area (Å²) in [5.74, 6) is 0.526. The molecule has 0 saturated heterocycles. The first-order valence-corrected chi connectivity index (χ1v) is 5.83. The minimum absolute atomic E-state index is 0.401. The van der Waals surface area contributed by atoms with Gasteiger partial charge in [0, 0.05) is 6.07 Å². The number of anilines is 1. The molecule has 0 aliphatic heterocycles. The second-order valence-electron chi connectivity index (χ2n) is 3.57. The van der Waals surface area contributed by atoms with Crippen LogP contribution in [-0.2, 0) is 9.53 Å². The molecule has 1 rings (SSSR count). The third-order valence-electron chi connectivity index (χ3n) is 2.48. The predicted octanol–water partition coefficient (Wildman–Crippen LogP) is 2.50. The third kappa shape index (κ3) is 3.54. The highest BCUT2D eigenvalue weighted by atomic mass is 35.5. The normalized spacial score (nSPS) is 11.4. The van der Waals surface area contributed by atoms with Gasteiger partial charge in [0.05, 0.1) is 32.0 Å². The number of halogens is 1. The number of ether oxygens (including phenoxy) is 3. The molecule has 1 aromatic carbocycles. The van der Waals surface area contributed by atoms with Crippen molar-refractivity contribution in [2.75, 3.05) is 26.6 Å². The van der Waals surface area contributed by atoms with Gasteiger partial charge in [0.15, 0.2) is 0 Å². The summed E-state index contributed by atoms with van der Waals surface area (Å²) >= 11 is 6.04. The zero-order valence-corrected chi connectivity index (χ0v) is 11.8. The lowest BCUT2D eigenvalue weighted by atomic mass is 10.2. The maximum atomic E-state index is 11.5. The lowest BCUT2D eigenvalue weighted by molar-refractivity contribution is -0.140. The van der Waals surface area contributed by atoms with Crippen LogP contribution in [0.2, 0.25) is 5.02 Å². The first-order valence-electron chi connectivity index (χ1n) is 5.45. The molecule has 0 aliphatic carbocycles. The van der Waals surface area contributed by atoms with Crippen LogP contribution in [0.3, 0.4) is 0 Å². The number of hydrogen-bond acceptors (Lipinski definition) is 5. The van der Waals surface area contributed by atoms with Crippen molar-refractivity contribution >= 4 is 23.3 Å². The highest BCUT2D eigenvalue weighted by Gasteiger charge is 2.18. The molecule has 0 amide bonds. The fraction of sp³-hybridized carbons (Fsp3) is 0.308. The van der Waals surface area contributed by atoms with Crippen LogP contribution in [0.25, 0.3) is 0 Å². The Labute approximate surface area is 117 Å². The first kappa shape index (κ1) is 15.2. The van der Waals surface area contributed by atoms with Crippen LogP contribution in [-0.4, -0.2) is 33.3 Å². The Bertz CT molecular complexity index is 476. The topological polar surface area (TPSA) is 56.8 Å². The van der Waals surface area contributed by atoms with E-state index in [4.69, 9.17) is 21.1 Å². The highest BCUT2D eigenvalue weighted by molar-refractivity contribution is 6.32. The summed E-state index contributed by atoms with van der Waals surface area (Å²) in [5, 5.41) is 3.33. The van der Waals surface area contributed by atoms with Crippen molar-refractivity contribution in [3.05, 3.63) is 29.8 Å². The summed E-state index contributed by atoms with van der Waals surface area (Å²) in [6, 6.07) is 2.55. The van der Waals surface area contributed by atoms with E-state index in [2.05, 4.69) is 16.6 Å². The van der Waals surface area contributed by atoms with Gasteiger partial charge in [0.2, 0.25) is 0 Å². The number of benzene rings is 1. The number of methoxy groups -OCH3 is 3. The Morgan fingerprint density at radius 2 is 1.95 bits per heavy atom. The molecule has 0 fully saturated rings. The highest BCUT2D eigenvalue weighted by Crippen LogP contribution is 2.36. The Balaban J connectivity index is 3.08. The molecule has 0 bridgehead atoms. The van der Waals surface area contributed by atoms with E-state index in [0.29, 0.717) is 22.2 Å². The van der Waals surface area contributed by atoms with Crippen LogP contribution in [0.5, 0.6) is 11.5 Å². The Hall–Kier alpha value is -1.88. The summed E-state index contributed by atoms with van der Waals surface area (Å²) in [6.45, 7) is 3.58. The third-order valence-corrected chi connectivity index (χ3v) is 2.77. The molecule has 0 saturated carbocycles. The van der Waals surface area contributed by atoms with Gasteiger partial charge in [-0.25, -0.2) is 4.79 Å². The summed E-state index contributed by atoms with van der Waals surface area (Å²) < 4.78 is 15.0. The molecular formula is C13H16ClNO4. The largest absolute Gasteiger partial charge is 0.495 e. The molecule has 1 N–H and O–H groups in total. The lowest BCUT2D eigenvalue weighted by Crippen LogP contribution is -2.28. The molecule has 1 atom stereocenters. The average molecular weight is 286 g/mol. The van der Waals surface area contributed by atoms with Crippen molar-refractivity contribution in [1.29, 1.82) is 0 Å². The van der Waals surface area contributed by atoms with Crippen LogP contribution >= 0.6 is 11.6 Å². The van der Waals surface area contributed by atoms with Crippen molar-refractivity contribution in [3.63, 3.8) is 0 Å². The van der Waals surface area contributed by atoms with E-state index in [-0.39, 0.29) is 0 Å². The average Bonchev–Trinajstić information content (AvgIpc) is 2.44. The Morgan fingerprint density at radius 1 is 1.32 bits per heavy atom. The molecule has 0 radical (unpaired) electrons. The summed E-state index contributed by atoms with van der Waals surface area (Å²) in [4.78, 5) is 11.5. The van der Waals surface area contributed by atoms with Gasteiger partial charge in [-0.1, -0.05) is 17.7 Å². The fourth-order valence-corrected chi connectivity index (χ4v) is 1.72. The number of hydrogen-bond donors (Lipinski definition) is 1. The van der Waals surface area contributed by atoms with Crippen LogP contribution in [0, 0.1) is 0 Å². The van der Waals surface area contributed by atoms with E-state index >= 15 is 0 Å². The van der Waals surface area contributed by atoms with E-state index in [1.165, 1.54) is 27.4 Å². The fourth-order valence-electron chi connectivity index (χ4n) is 1.48. The van der Waals surface area contributed by atoms with Gasteiger partial charge in [0.25, 0.3) is 0 Å². The van der Waals surface area contributed by atoms with E-state index in [1.54, 1.807) is 12.1 Å². The Morgan fingerprint density at radius 3 is 2.42 bits per heavy atom. The van der Waals surface area contributed by atoms with Crippen LogP contribution in [0.4, 0.5) is 5.69 Å². The van der Waals surface area contributed by atoms with Gasteiger partial charge in [-0.3, -0.25) is 0 Å². The van der Waals surface area contributed by atoms with Crippen molar-refractivity contribution in [3.8, 4) is 11.5 Å². The van der Waals surface area contributed by atoms with Crippen molar-refractivity contribution in [2.45, 2.75) is 6.04 Å². The molecule has 19 heavy (non-hydrogen) atoms. The van der Waals surface area contributed by atoms with Gasteiger partial charge in [-0.15, -0.1) is 6.58 Å². The van der Waals surface area contributed by atoms with E-state index in [9.17, 15) is 4.79 Å². The molecule has 1 unspecified atom stereocenters. The monoisotopic (exact) mass is 285 g/mol. The number of rotatable bonds is 6. The molecule has 0 aliphatic rings. The minimum atomic E-state index is -0.691. The van der Waals surface area contributed by atoms with Gasteiger partial charge >= 0.3 is 5.97 Å². The maximum Gasteiger partial charge on any atom is 0.332 e.